The minimum absolute atomic E-state index is 0.0171. The molecule has 0 saturated carbocycles. The van der Waals surface area contributed by atoms with Crippen molar-refractivity contribution in [2.75, 3.05) is 19.8 Å². The highest BCUT2D eigenvalue weighted by Gasteiger charge is 2.42. The predicted molar refractivity (Wildman–Crippen MR) is 75.1 cm³/mol. The molecular weight excluding hydrogens is 262 g/mol. The Hall–Kier alpha value is -0.910. The Morgan fingerprint density at radius 3 is 2.84 bits per heavy atom. The van der Waals surface area contributed by atoms with E-state index in [0.717, 1.165) is 6.42 Å². The summed E-state index contributed by atoms with van der Waals surface area (Å²) in [6, 6.07) is 4.11. The number of thiophene rings is 1. The van der Waals surface area contributed by atoms with E-state index in [1.165, 1.54) is 4.88 Å². The molecule has 1 amide bonds. The number of ether oxygens (including phenoxy) is 2. The maximum Gasteiger partial charge on any atom is 0.228 e. The molecule has 1 atom stereocenters. The SMILES string of the molecule is CC[C@@H](C(=O)NCCc1cccs1)C1(C)OCCO1. The molecule has 1 aromatic rings. The third-order valence-corrected chi connectivity index (χ3v) is 4.41. The van der Waals surface area contributed by atoms with Crippen LogP contribution in [0, 0.1) is 5.92 Å². The van der Waals surface area contributed by atoms with E-state index in [4.69, 9.17) is 9.47 Å². The lowest BCUT2D eigenvalue weighted by Crippen LogP contribution is -2.46. The minimum atomic E-state index is -0.762. The van der Waals surface area contributed by atoms with Crippen LogP contribution in [-0.4, -0.2) is 31.5 Å². The molecule has 4 nitrogen and oxygen atoms in total. The monoisotopic (exact) mass is 283 g/mol. The van der Waals surface area contributed by atoms with Gasteiger partial charge in [-0.15, -0.1) is 11.3 Å². The van der Waals surface area contributed by atoms with Crippen molar-refractivity contribution in [1.29, 1.82) is 0 Å². The van der Waals surface area contributed by atoms with Gasteiger partial charge in [0.15, 0.2) is 5.79 Å². The molecule has 1 aromatic heterocycles. The topological polar surface area (TPSA) is 47.6 Å². The van der Waals surface area contributed by atoms with Gasteiger partial charge in [0.05, 0.1) is 19.1 Å². The van der Waals surface area contributed by atoms with E-state index in [0.29, 0.717) is 26.2 Å². The largest absolute Gasteiger partial charge is 0.355 e. The van der Waals surface area contributed by atoms with Crippen molar-refractivity contribution in [1.82, 2.24) is 5.32 Å². The fourth-order valence-electron chi connectivity index (χ4n) is 2.41. The summed E-state index contributed by atoms with van der Waals surface area (Å²) in [4.78, 5) is 13.5. The molecule has 1 aliphatic rings. The van der Waals surface area contributed by atoms with E-state index in [-0.39, 0.29) is 11.8 Å². The van der Waals surface area contributed by atoms with Crippen LogP contribution in [0.2, 0.25) is 0 Å². The second-order valence-corrected chi connectivity index (χ2v) is 5.83. The maximum atomic E-state index is 12.2. The molecule has 0 bridgehead atoms. The molecule has 1 fully saturated rings. The lowest BCUT2D eigenvalue weighted by Gasteiger charge is -2.30. The summed E-state index contributed by atoms with van der Waals surface area (Å²) in [6.07, 6.45) is 1.58. The molecule has 0 unspecified atom stereocenters. The van der Waals surface area contributed by atoms with Gasteiger partial charge in [-0.2, -0.15) is 0 Å². The van der Waals surface area contributed by atoms with Crippen molar-refractivity contribution in [3.8, 4) is 0 Å². The van der Waals surface area contributed by atoms with Gasteiger partial charge in [-0.05, 0) is 31.2 Å². The van der Waals surface area contributed by atoms with Crippen molar-refractivity contribution in [2.24, 2.45) is 5.92 Å². The number of hydrogen-bond acceptors (Lipinski definition) is 4. The van der Waals surface area contributed by atoms with E-state index < -0.39 is 5.79 Å². The average molecular weight is 283 g/mol. The maximum absolute atomic E-state index is 12.2. The molecule has 1 N–H and O–H groups in total. The first-order chi connectivity index (χ1) is 9.15. The van der Waals surface area contributed by atoms with Gasteiger partial charge < -0.3 is 14.8 Å². The first-order valence-electron chi connectivity index (χ1n) is 6.73. The third-order valence-electron chi connectivity index (χ3n) is 3.47. The van der Waals surface area contributed by atoms with Gasteiger partial charge in [0, 0.05) is 11.4 Å². The Bertz CT molecular complexity index is 399. The van der Waals surface area contributed by atoms with Gasteiger partial charge in [-0.3, -0.25) is 4.79 Å². The fraction of sp³-hybridized carbons (Fsp3) is 0.643. The van der Waals surface area contributed by atoms with Crippen LogP contribution in [0.25, 0.3) is 0 Å². The zero-order valence-electron chi connectivity index (χ0n) is 11.5. The number of carbonyl (C=O) groups excluding carboxylic acids is 1. The zero-order chi connectivity index (χ0) is 13.7. The molecule has 5 heteroatoms. The van der Waals surface area contributed by atoms with Gasteiger partial charge in [-0.1, -0.05) is 13.0 Å². The first-order valence-corrected chi connectivity index (χ1v) is 7.61. The summed E-state index contributed by atoms with van der Waals surface area (Å²) in [5.74, 6) is -0.997. The Kier molecular flexibility index (Phi) is 4.96. The number of nitrogens with one attached hydrogen (secondary N) is 1. The van der Waals surface area contributed by atoms with Crippen LogP contribution >= 0.6 is 11.3 Å². The van der Waals surface area contributed by atoms with Crippen LogP contribution in [0.5, 0.6) is 0 Å². The zero-order valence-corrected chi connectivity index (χ0v) is 12.3. The molecule has 0 aromatic carbocycles. The normalized spacial score (nSPS) is 19.3. The number of rotatable bonds is 6. The van der Waals surface area contributed by atoms with E-state index in [1.54, 1.807) is 11.3 Å². The molecule has 2 heterocycles. The molecule has 1 saturated heterocycles. The summed E-state index contributed by atoms with van der Waals surface area (Å²) in [6.45, 7) is 5.63. The second-order valence-electron chi connectivity index (χ2n) is 4.79. The Morgan fingerprint density at radius 2 is 2.26 bits per heavy atom. The highest BCUT2D eigenvalue weighted by Crippen LogP contribution is 2.30. The van der Waals surface area contributed by atoms with Crippen LogP contribution < -0.4 is 5.32 Å². The number of amides is 1. The van der Waals surface area contributed by atoms with Crippen LogP contribution in [0.3, 0.4) is 0 Å². The van der Waals surface area contributed by atoms with Crippen molar-refractivity contribution in [3.05, 3.63) is 22.4 Å². The second kappa shape index (κ2) is 6.50. The fourth-order valence-corrected chi connectivity index (χ4v) is 3.12. The smallest absolute Gasteiger partial charge is 0.228 e. The van der Waals surface area contributed by atoms with Crippen LogP contribution in [0.1, 0.15) is 25.1 Å². The van der Waals surface area contributed by atoms with E-state index in [2.05, 4.69) is 11.4 Å². The summed E-state index contributed by atoms with van der Waals surface area (Å²) >= 11 is 1.71. The Morgan fingerprint density at radius 1 is 1.53 bits per heavy atom. The van der Waals surface area contributed by atoms with Crippen LogP contribution in [0.4, 0.5) is 0 Å². The summed E-state index contributed by atoms with van der Waals surface area (Å²) in [5.41, 5.74) is 0. The number of hydrogen-bond donors (Lipinski definition) is 1. The Balaban J connectivity index is 1.83. The van der Waals surface area contributed by atoms with Crippen LogP contribution in [0.15, 0.2) is 17.5 Å². The highest BCUT2D eigenvalue weighted by molar-refractivity contribution is 7.09. The molecule has 0 spiro atoms. The molecule has 106 valence electrons. The first kappa shape index (κ1) is 14.5. The van der Waals surface area contributed by atoms with Gasteiger partial charge in [-0.25, -0.2) is 0 Å². The van der Waals surface area contributed by atoms with E-state index in [1.807, 2.05) is 25.3 Å². The van der Waals surface area contributed by atoms with E-state index >= 15 is 0 Å². The van der Waals surface area contributed by atoms with Crippen molar-refractivity contribution < 1.29 is 14.3 Å². The van der Waals surface area contributed by atoms with Crippen LogP contribution in [-0.2, 0) is 20.7 Å². The summed E-state index contributed by atoms with van der Waals surface area (Å²) < 4.78 is 11.2. The number of carbonyl (C=O) groups is 1. The highest BCUT2D eigenvalue weighted by atomic mass is 32.1. The third kappa shape index (κ3) is 3.55. The molecule has 0 aliphatic carbocycles. The van der Waals surface area contributed by atoms with Gasteiger partial charge in [0.2, 0.25) is 5.91 Å². The van der Waals surface area contributed by atoms with E-state index in [9.17, 15) is 4.79 Å². The lowest BCUT2D eigenvalue weighted by molar-refractivity contribution is -0.187. The van der Waals surface area contributed by atoms with Crippen molar-refractivity contribution in [2.45, 2.75) is 32.5 Å². The van der Waals surface area contributed by atoms with Crippen molar-refractivity contribution in [3.63, 3.8) is 0 Å². The van der Waals surface area contributed by atoms with Crippen molar-refractivity contribution >= 4 is 17.2 Å². The molecular formula is C14H21NO3S. The molecule has 0 radical (unpaired) electrons. The standard InChI is InChI=1S/C14H21NO3S/c1-3-12(14(2)17-8-9-18-14)13(16)15-7-6-11-5-4-10-19-11/h4-5,10,12H,3,6-9H2,1-2H3,(H,15,16)/t12-/m0/s1. The van der Waals surface area contributed by atoms with Gasteiger partial charge >= 0.3 is 0 Å². The van der Waals surface area contributed by atoms with Gasteiger partial charge in [0.25, 0.3) is 0 Å². The minimum Gasteiger partial charge on any atom is -0.355 e. The molecule has 2 rings (SSSR count). The van der Waals surface area contributed by atoms with Gasteiger partial charge in [0.1, 0.15) is 0 Å². The quantitative estimate of drug-likeness (QED) is 0.870. The lowest BCUT2D eigenvalue weighted by atomic mass is 9.96. The predicted octanol–water partition coefficient (Wildman–Crippen LogP) is 2.20. The molecule has 1 aliphatic heterocycles. The summed E-state index contributed by atoms with van der Waals surface area (Å²) in [7, 11) is 0. The average Bonchev–Trinajstić information content (AvgIpc) is 3.02. The summed E-state index contributed by atoms with van der Waals surface area (Å²) in [5, 5.41) is 5.03. The Labute approximate surface area is 118 Å². The molecule has 19 heavy (non-hydrogen) atoms.